The van der Waals surface area contributed by atoms with Crippen molar-refractivity contribution in [3.63, 3.8) is 0 Å². The first-order valence-corrected chi connectivity index (χ1v) is 8.17. The zero-order valence-corrected chi connectivity index (χ0v) is 13.3. The highest BCUT2D eigenvalue weighted by Crippen LogP contribution is 2.31. The fraction of sp³-hybridized carbons (Fsp3) is 0.611. The summed E-state index contributed by atoms with van der Waals surface area (Å²) in [6.07, 6.45) is 6.77. The van der Waals surface area contributed by atoms with Crippen LogP contribution in [-0.2, 0) is 16.8 Å². The molecule has 1 fully saturated rings. The number of aliphatic carboxylic acids is 1. The number of nitrogens with zero attached hydrogens (tertiary/aromatic N) is 1. The maximum absolute atomic E-state index is 12.0. The Morgan fingerprint density at radius 2 is 1.71 bits per heavy atom. The Bertz CT molecular complexity index is 461. The van der Waals surface area contributed by atoms with Crippen molar-refractivity contribution in [2.75, 3.05) is 13.1 Å². The number of hydrogen-bond donors (Lipinski definition) is 1. The van der Waals surface area contributed by atoms with Crippen molar-refractivity contribution in [1.29, 1.82) is 0 Å². The fourth-order valence-corrected chi connectivity index (χ4v) is 3.24. The van der Waals surface area contributed by atoms with Crippen LogP contribution in [0.3, 0.4) is 0 Å². The first-order valence-electron chi connectivity index (χ1n) is 8.17. The Hall–Kier alpha value is -1.35. The summed E-state index contributed by atoms with van der Waals surface area (Å²) in [5, 5.41) is 9.86. The van der Waals surface area contributed by atoms with Gasteiger partial charge in [-0.1, -0.05) is 50.5 Å². The molecular formula is C18H27NO2. The Balaban J connectivity index is 2.29. The van der Waals surface area contributed by atoms with E-state index in [1.807, 2.05) is 19.1 Å². The lowest BCUT2D eigenvalue weighted by Gasteiger charge is -2.37. The molecule has 1 aliphatic heterocycles. The Labute approximate surface area is 128 Å². The van der Waals surface area contributed by atoms with Gasteiger partial charge in [0.25, 0.3) is 0 Å². The summed E-state index contributed by atoms with van der Waals surface area (Å²) in [5.74, 6) is -0.743. The van der Waals surface area contributed by atoms with Gasteiger partial charge in [-0.15, -0.1) is 0 Å². The SMILES string of the molecule is CCCc1ccc(C(C)(C(=O)O)N2CCCCCC2)cc1. The van der Waals surface area contributed by atoms with Crippen molar-refractivity contribution in [2.45, 2.75) is 57.9 Å². The first-order chi connectivity index (χ1) is 10.1. The third kappa shape index (κ3) is 3.46. The van der Waals surface area contributed by atoms with Crippen LogP contribution in [0.2, 0.25) is 0 Å². The maximum atomic E-state index is 12.0. The Morgan fingerprint density at radius 3 is 2.19 bits per heavy atom. The predicted molar refractivity (Wildman–Crippen MR) is 85.5 cm³/mol. The van der Waals surface area contributed by atoms with Crippen LogP contribution in [0, 0.1) is 0 Å². The van der Waals surface area contributed by atoms with Gasteiger partial charge in [-0.2, -0.15) is 0 Å². The molecular weight excluding hydrogens is 262 g/mol. The molecule has 3 heteroatoms. The average molecular weight is 289 g/mol. The summed E-state index contributed by atoms with van der Waals surface area (Å²) >= 11 is 0. The Morgan fingerprint density at radius 1 is 1.14 bits per heavy atom. The number of likely N-dealkylation sites (tertiary alicyclic amines) is 1. The molecule has 3 nitrogen and oxygen atoms in total. The van der Waals surface area contributed by atoms with Gasteiger partial charge in [0.15, 0.2) is 0 Å². The molecule has 1 aromatic rings. The molecule has 0 saturated carbocycles. The lowest BCUT2D eigenvalue weighted by Crippen LogP contribution is -2.50. The number of benzene rings is 1. The summed E-state index contributed by atoms with van der Waals surface area (Å²) in [6.45, 7) is 5.76. The van der Waals surface area contributed by atoms with E-state index in [4.69, 9.17) is 0 Å². The second-order valence-corrected chi connectivity index (χ2v) is 6.23. The summed E-state index contributed by atoms with van der Waals surface area (Å²) in [7, 11) is 0. The minimum atomic E-state index is -0.908. The smallest absolute Gasteiger partial charge is 0.328 e. The number of rotatable bonds is 5. The molecule has 1 atom stereocenters. The standard InChI is InChI=1S/C18H27NO2/c1-3-8-15-9-11-16(12-10-15)18(2,17(20)21)19-13-6-4-5-7-14-19/h9-12H,3-8,13-14H2,1-2H3,(H,20,21). The molecule has 2 rings (SSSR count). The molecule has 0 radical (unpaired) electrons. The fourth-order valence-electron chi connectivity index (χ4n) is 3.24. The van der Waals surface area contributed by atoms with Gasteiger partial charge in [0, 0.05) is 0 Å². The van der Waals surface area contributed by atoms with E-state index in [1.54, 1.807) is 0 Å². The topological polar surface area (TPSA) is 40.5 Å². The molecule has 1 saturated heterocycles. The van der Waals surface area contributed by atoms with Crippen LogP contribution in [0.15, 0.2) is 24.3 Å². The molecule has 1 aromatic carbocycles. The molecule has 21 heavy (non-hydrogen) atoms. The van der Waals surface area contributed by atoms with Crippen molar-refractivity contribution in [3.05, 3.63) is 35.4 Å². The third-order valence-corrected chi connectivity index (χ3v) is 4.71. The largest absolute Gasteiger partial charge is 0.480 e. The second kappa shape index (κ2) is 7.08. The lowest BCUT2D eigenvalue weighted by molar-refractivity contribution is -0.151. The van der Waals surface area contributed by atoms with Gasteiger partial charge >= 0.3 is 5.97 Å². The predicted octanol–water partition coefficient (Wildman–Crippen LogP) is 3.81. The highest BCUT2D eigenvalue weighted by Gasteiger charge is 2.41. The van der Waals surface area contributed by atoms with Crippen molar-refractivity contribution in [3.8, 4) is 0 Å². The highest BCUT2D eigenvalue weighted by molar-refractivity contribution is 5.80. The molecule has 0 aromatic heterocycles. The van der Waals surface area contributed by atoms with Crippen molar-refractivity contribution in [1.82, 2.24) is 4.90 Å². The molecule has 1 N–H and O–H groups in total. The van der Waals surface area contributed by atoms with E-state index in [0.717, 1.165) is 44.3 Å². The van der Waals surface area contributed by atoms with E-state index in [1.165, 1.54) is 18.4 Å². The summed E-state index contributed by atoms with van der Waals surface area (Å²) in [6, 6.07) is 8.17. The first kappa shape index (κ1) is 16.0. The van der Waals surface area contributed by atoms with Gasteiger partial charge in [0.2, 0.25) is 0 Å². The minimum absolute atomic E-state index is 0.743. The zero-order valence-electron chi connectivity index (χ0n) is 13.3. The van der Waals surface area contributed by atoms with E-state index in [2.05, 4.69) is 24.0 Å². The molecule has 1 heterocycles. The molecule has 0 amide bonds. The van der Waals surface area contributed by atoms with Gasteiger partial charge in [0.1, 0.15) is 5.54 Å². The molecule has 116 valence electrons. The second-order valence-electron chi connectivity index (χ2n) is 6.23. The van der Waals surface area contributed by atoms with Crippen LogP contribution in [-0.4, -0.2) is 29.1 Å². The normalized spacial score (nSPS) is 19.7. The number of carboxylic acid groups (broad SMARTS) is 1. The molecule has 1 unspecified atom stereocenters. The number of carbonyl (C=O) groups is 1. The highest BCUT2D eigenvalue weighted by atomic mass is 16.4. The van der Waals surface area contributed by atoms with Crippen LogP contribution in [0.5, 0.6) is 0 Å². The van der Waals surface area contributed by atoms with Gasteiger partial charge in [-0.3, -0.25) is 4.90 Å². The van der Waals surface area contributed by atoms with Crippen molar-refractivity contribution >= 4 is 5.97 Å². The van der Waals surface area contributed by atoms with Crippen LogP contribution in [0.25, 0.3) is 0 Å². The molecule has 0 bridgehead atoms. The number of hydrogen-bond acceptors (Lipinski definition) is 2. The quantitative estimate of drug-likeness (QED) is 0.896. The van der Waals surface area contributed by atoms with E-state index in [9.17, 15) is 9.90 Å². The van der Waals surface area contributed by atoms with Crippen molar-refractivity contribution in [2.24, 2.45) is 0 Å². The number of aryl methyl sites for hydroxylation is 1. The van der Waals surface area contributed by atoms with Crippen molar-refractivity contribution < 1.29 is 9.90 Å². The zero-order chi connectivity index (χ0) is 15.3. The summed E-state index contributed by atoms with van der Waals surface area (Å²) < 4.78 is 0. The maximum Gasteiger partial charge on any atom is 0.328 e. The Kier molecular flexibility index (Phi) is 5.40. The van der Waals surface area contributed by atoms with E-state index in [-0.39, 0.29) is 0 Å². The monoisotopic (exact) mass is 289 g/mol. The molecule has 0 aliphatic carbocycles. The van der Waals surface area contributed by atoms with Crippen LogP contribution < -0.4 is 0 Å². The van der Waals surface area contributed by atoms with Crippen LogP contribution in [0.1, 0.15) is 57.1 Å². The molecule has 0 spiro atoms. The molecule has 1 aliphatic rings. The lowest BCUT2D eigenvalue weighted by atomic mass is 9.88. The van der Waals surface area contributed by atoms with Gasteiger partial charge in [-0.05, 0) is 50.4 Å². The summed E-state index contributed by atoms with van der Waals surface area (Å²) in [5.41, 5.74) is 1.27. The van der Waals surface area contributed by atoms with E-state index >= 15 is 0 Å². The number of carboxylic acids is 1. The van der Waals surface area contributed by atoms with E-state index < -0.39 is 11.5 Å². The summed E-state index contributed by atoms with van der Waals surface area (Å²) in [4.78, 5) is 14.2. The third-order valence-electron chi connectivity index (χ3n) is 4.71. The minimum Gasteiger partial charge on any atom is -0.480 e. The van der Waals surface area contributed by atoms with Crippen LogP contribution in [0.4, 0.5) is 0 Å². The average Bonchev–Trinajstić information content (AvgIpc) is 2.76. The van der Waals surface area contributed by atoms with Gasteiger partial charge < -0.3 is 5.11 Å². The van der Waals surface area contributed by atoms with E-state index in [0.29, 0.717) is 0 Å². The van der Waals surface area contributed by atoms with Crippen LogP contribution >= 0.6 is 0 Å². The van der Waals surface area contributed by atoms with Gasteiger partial charge in [0.05, 0.1) is 0 Å². The van der Waals surface area contributed by atoms with Gasteiger partial charge in [-0.25, -0.2) is 4.79 Å².